The molecule has 2 N–H and O–H groups in total. The average molecular weight is 573 g/mol. The number of alkyl halides is 3. The van der Waals surface area contributed by atoms with Gasteiger partial charge in [0.15, 0.2) is 5.96 Å². The van der Waals surface area contributed by atoms with Gasteiger partial charge in [-0.1, -0.05) is 24.3 Å². The Hall–Kier alpha value is -1.11. The molecule has 0 unspecified atom stereocenters. The Kier molecular flexibility index (Phi) is 14.9. The van der Waals surface area contributed by atoms with E-state index in [1.54, 1.807) is 12.1 Å². The van der Waals surface area contributed by atoms with Gasteiger partial charge < -0.3 is 24.8 Å². The van der Waals surface area contributed by atoms with E-state index in [0.29, 0.717) is 30.6 Å². The molecule has 1 aromatic rings. The lowest BCUT2D eigenvalue weighted by Gasteiger charge is -2.21. The molecule has 0 aromatic heterocycles. The largest absolute Gasteiger partial charge is 0.411 e. The molecule has 1 aromatic carbocycles. The van der Waals surface area contributed by atoms with Crippen LogP contribution in [0.3, 0.4) is 0 Å². The highest BCUT2D eigenvalue weighted by atomic mass is 127. The molecule has 32 heavy (non-hydrogen) atoms. The van der Waals surface area contributed by atoms with Crippen LogP contribution in [0.4, 0.5) is 13.2 Å². The first-order valence-corrected chi connectivity index (χ1v) is 10.9. The number of aliphatic imine (C=N–C) groups is 1. The maximum Gasteiger partial charge on any atom is 0.411 e. The fourth-order valence-corrected chi connectivity index (χ4v) is 3.16. The smallest absolute Gasteiger partial charge is 0.381 e. The number of nitrogens with zero attached hydrogens (tertiary/aromatic N) is 1. The van der Waals surface area contributed by atoms with E-state index in [4.69, 9.17) is 14.2 Å². The molecule has 0 aliphatic carbocycles. The Labute approximate surface area is 205 Å². The van der Waals surface area contributed by atoms with Crippen LogP contribution in [0.25, 0.3) is 0 Å². The summed E-state index contributed by atoms with van der Waals surface area (Å²) in [6.45, 7) is 5.72. The van der Waals surface area contributed by atoms with Crippen molar-refractivity contribution in [1.82, 2.24) is 10.6 Å². The molecule has 2 rings (SSSR count). The van der Waals surface area contributed by atoms with Crippen molar-refractivity contribution >= 4 is 29.9 Å². The van der Waals surface area contributed by atoms with Crippen molar-refractivity contribution in [3.8, 4) is 0 Å². The second-order valence-electron chi connectivity index (χ2n) is 7.53. The number of guanidine groups is 1. The molecule has 1 aliphatic rings. The standard InChI is InChI=1S/C22H34F3N3O3.HI/c1-2-26-21(27-9-4-10-30-15-18-7-11-29-12-8-18)28-14-19-5-3-6-20(13-19)16-31-17-22(23,24)25;/h3,5-6,13,18H,2,4,7-12,14-17H2,1H3,(H2,26,27,28);1H. The average Bonchev–Trinajstić information content (AvgIpc) is 2.74. The molecule has 0 amide bonds. The van der Waals surface area contributed by atoms with Gasteiger partial charge in [-0.3, -0.25) is 0 Å². The first kappa shape index (κ1) is 28.9. The zero-order chi connectivity index (χ0) is 22.4. The molecule has 6 nitrogen and oxygen atoms in total. The predicted octanol–water partition coefficient (Wildman–Crippen LogP) is 4.27. The summed E-state index contributed by atoms with van der Waals surface area (Å²) in [7, 11) is 0. The zero-order valence-electron chi connectivity index (χ0n) is 18.6. The van der Waals surface area contributed by atoms with Crippen LogP contribution < -0.4 is 10.6 Å². The highest BCUT2D eigenvalue weighted by molar-refractivity contribution is 14.0. The molecule has 1 fully saturated rings. The highest BCUT2D eigenvalue weighted by Crippen LogP contribution is 2.16. The van der Waals surface area contributed by atoms with Crippen LogP contribution in [0.1, 0.15) is 37.3 Å². The van der Waals surface area contributed by atoms with Gasteiger partial charge >= 0.3 is 6.18 Å². The van der Waals surface area contributed by atoms with Gasteiger partial charge in [-0.2, -0.15) is 13.2 Å². The van der Waals surface area contributed by atoms with E-state index < -0.39 is 12.8 Å². The van der Waals surface area contributed by atoms with E-state index in [0.717, 1.165) is 57.7 Å². The van der Waals surface area contributed by atoms with Crippen molar-refractivity contribution in [3.63, 3.8) is 0 Å². The van der Waals surface area contributed by atoms with E-state index in [-0.39, 0.29) is 30.6 Å². The maximum atomic E-state index is 12.2. The van der Waals surface area contributed by atoms with Gasteiger partial charge in [-0.25, -0.2) is 4.99 Å². The lowest BCUT2D eigenvalue weighted by Crippen LogP contribution is -2.38. The first-order chi connectivity index (χ1) is 15.0. The van der Waals surface area contributed by atoms with Crippen molar-refractivity contribution in [3.05, 3.63) is 35.4 Å². The van der Waals surface area contributed by atoms with E-state index >= 15 is 0 Å². The summed E-state index contributed by atoms with van der Waals surface area (Å²) in [6, 6.07) is 7.25. The van der Waals surface area contributed by atoms with Gasteiger partial charge in [-0.15, -0.1) is 24.0 Å². The van der Waals surface area contributed by atoms with Gasteiger partial charge in [0.2, 0.25) is 0 Å². The molecule has 1 aliphatic heterocycles. The number of ether oxygens (including phenoxy) is 3. The highest BCUT2D eigenvalue weighted by Gasteiger charge is 2.27. The summed E-state index contributed by atoms with van der Waals surface area (Å²) in [5, 5.41) is 6.48. The quantitative estimate of drug-likeness (QED) is 0.169. The summed E-state index contributed by atoms with van der Waals surface area (Å²) in [5.41, 5.74) is 1.60. The van der Waals surface area contributed by atoms with Crippen LogP contribution in [0.15, 0.2) is 29.3 Å². The van der Waals surface area contributed by atoms with Gasteiger partial charge in [0.25, 0.3) is 0 Å². The van der Waals surface area contributed by atoms with Crippen LogP contribution in [0, 0.1) is 5.92 Å². The Balaban J connectivity index is 0.00000512. The fourth-order valence-electron chi connectivity index (χ4n) is 3.16. The molecule has 0 atom stereocenters. The summed E-state index contributed by atoms with van der Waals surface area (Å²) in [5.74, 6) is 1.31. The van der Waals surface area contributed by atoms with Gasteiger partial charge in [0.1, 0.15) is 6.61 Å². The van der Waals surface area contributed by atoms with Crippen molar-refractivity contribution in [2.24, 2.45) is 10.9 Å². The summed E-state index contributed by atoms with van der Waals surface area (Å²) < 4.78 is 52.5. The van der Waals surface area contributed by atoms with Crippen molar-refractivity contribution in [1.29, 1.82) is 0 Å². The molecule has 10 heteroatoms. The van der Waals surface area contributed by atoms with E-state index in [1.165, 1.54) is 0 Å². The number of nitrogens with one attached hydrogen (secondary N) is 2. The monoisotopic (exact) mass is 573 g/mol. The van der Waals surface area contributed by atoms with Crippen molar-refractivity contribution < 1.29 is 27.4 Å². The number of rotatable bonds is 12. The second-order valence-corrected chi connectivity index (χ2v) is 7.53. The molecule has 0 bridgehead atoms. The Bertz CT molecular complexity index is 657. The number of benzene rings is 1. The minimum absolute atomic E-state index is 0. The molecular formula is C22H35F3IN3O3. The van der Waals surface area contributed by atoms with Crippen LogP contribution in [0.5, 0.6) is 0 Å². The summed E-state index contributed by atoms with van der Waals surface area (Å²) in [6.07, 6.45) is -1.29. The predicted molar refractivity (Wildman–Crippen MR) is 129 cm³/mol. The zero-order valence-corrected chi connectivity index (χ0v) is 20.9. The van der Waals surface area contributed by atoms with Crippen LogP contribution >= 0.6 is 24.0 Å². The molecular weight excluding hydrogens is 538 g/mol. The summed E-state index contributed by atoms with van der Waals surface area (Å²) >= 11 is 0. The van der Waals surface area contributed by atoms with Crippen molar-refractivity contribution in [2.75, 3.05) is 46.1 Å². The lowest BCUT2D eigenvalue weighted by molar-refractivity contribution is -0.176. The number of hydrogen-bond donors (Lipinski definition) is 2. The maximum absolute atomic E-state index is 12.2. The normalized spacial score (nSPS) is 15.3. The van der Waals surface area contributed by atoms with Crippen molar-refractivity contribution in [2.45, 2.75) is 45.5 Å². The third kappa shape index (κ3) is 13.4. The SMILES string of the molecule is CCNC(=NCc1cccc(COCC(F)(F)F)c1)NCCCOCC1CCOCC1.I. The third-order valence-electron chi connectivity index (χ3n) is 4.74. The van der Waals surface area contributed by atoms with Gasteiger partial charge in [0, 0.05) is 39.5 Å². The van der Waals surface area contributed by atoms with Crippen LogP contribution in [-0.4, -0.2) is 58.3 Å². The first-order valence-electron chi connectivity index (χ1n) is 10.9. The second kappa shape index (κ2) is 16.5. The molecule has 0 radical (unpaired) electrons. The van der Waals surface area contributed by atoms with Crippen LogP contribution in [-0.2, 0) is 27.4 Å². The van der Waals surface area contributed by atoms with Gasteiger partial charge in [0.05, 0.1) is 13.2 Å². The molecule has 1 heterocycles. The fraction of sp³-hybridized carbons (Fsp3) is 0.682. The molecule has 1 saturated heterocycles. The topological polar surface area (TPSA) is 64.1 Å². The molecule has 0 spiro atoms. The van der Waals surface area contributed by atoms with E-state index in [1.807, 2.05) is 19.1 Å². The number of hydrogen-bond acceptors (Lipinski definition) is 4. The van der Waals surface area contributed by atoms with E-state index in [2.05, 4.69) is 15.6 Å². The Morgan fingerprint density at radius 2 is 1.91 bits per heavy atom. The van der Waals surface area contributed by atoms with E-state index in [9.17, 15) is 13.2 Å². The molecule has 0 saturated carbocycles. The minimum Gasteiger partial charge on any atom is -0.381 e. The number of halogens is 4. The Morgan fingerprint density at radius 1 is 1.16 bits per heavy atom. The molecule has 184 valence electrons. The Morgan fingerprint density at radius 3 is 2.62 bits per heavy atom. The summed E-state index contributed by atoms with van der Waals surface area (Å²) in [4.78, 5) is 4.55. The van der Waals surface area contributed by atoms with Gasteiger partial charge in [-0.05, 0) is 43.2 Å². The third-order valence-corrected chi connectivity index (χ3v) is 4.74. The van der Waals surface area contributed by atoms with Crippen LogP contribution in [0.2, 0.25) is 0 Å². The minimum atomic E-state index is -4.32. The lowest BCUT2D eigenvalue weighted by atomic mass is 10.0.